The van der Waals surface area contributed by atoms with Gasteiger partial charge in [-0.05, 0) is 74.5 Å². The average molecular weight is 589 g/mol. The molecule has 0 aromatic heterocycles. The summed E-state index contributed by atoms with van der Waals surface area (Å²) in [7, 11) is 2.77. The number of nitrogens with zero attached hydrogens (tertiary/aromatic N) is 1. The number of thioether (sulfide) groups is 1. The van der Waals surface area contributed by atoms with E-state index in [2.05, 4.69) is 27.3 Å². The van der Waals surface area contributed by atoms with Crippen LogP contribution >= 0.6 is 34.4 Å². The zero-order valence-corrected chi connectivity index (χ0v) is 21.3. The summed E-state index contributed by atoms with van der Waals surface area (Å²) in [5, 5.41) is 1.75. The van der Waals surface area contributed by atoms with Gasteiger partial charge in [0.1, 0.15) is 0 Å². The van der Waals surface area contributed by atoms with Gasteiger partial charge in [0.25, 0.3) is 11.1 Å². The molecule has 0 N–H and O–H groups in total. The molecule has 0 radical (unpaired) electrons. The van der Waals surface area contributed by atoms with Crippen molar-refractivity contribution in [1.29, 1.82) is 0 Å². The van der Waals surface area contributed by atoms with Crippen molar-refractivity contribution in [2.75, 3.05) is 20.8 Å². The minimum Gasteiger partial charge on any atom is -0.493 e. The van der Waals surface area contributed by atoms with Gasteiger partial charge in [0, 0.05) is 0 Å². The summed E-state index contributed by atoms with van der Waals surface area (Å²) in [6, 6.07) is 17.2. The van der Waals surface area contributed by atoms with Crippen LogP contribution in [0, 0.1) is 3.57 Å². The van der Waals surface area contributed by atoms with Crippen molar-refractivity contribution in [2.45, 2.75) is 6.54 Å². The molecule has 0 aliphatic carbocycles. The van der Waals surface area contributed by atoms with E-state index in [9.17, 15) is 14.4 Å². The molecule has 174 valence electrons. The van der Waals surface area contributed by atoms with Crippen LogP contribution in [-0.4, -0.2) is 42.8 Å². The van der Waals surface area contributed by atoms with Crippen LogP contribution in [0.25, 0.3) is 16.8 Å². The standard InChI is InChI=1S/C25H20INO6S/c1-31-20-11-15(10-19(26)23(20)33-14-22(28)32-2)12-21-24(29)27(25(30)34-21)13-17-8-5-7-16-6-3-4-9-18(16)17/h3-12H,13-14H2,1-2H3/b21-12+. The molecule has 7 nitrogen and oxygen atoms in total. The molecular weight excluding hydrogens is 569 g/mol. The second kappa shape index (κ2) is 10.5. The highest BCUT2D eigenvalue weighted by molar-refractivity contribution is 14.1. The second-order valence-corrected chi connectivity index (χ2v) is 9.46. The monoisotopic (exact) mass is 589 g/mol. The van der Waals surface area contributed by atoms with E-state index >= 15 is 0 Å². The largest absolute Gasteiger partial charge is 0.493 e. The lowest BCUT2D eigenvalue weighted by atomic mass is 10.0. The zero-order valence-electron chi connectivity index (χ0n) is 18.4. The van der Waals surface area contributed by atoms with E-state index in [0.29, 0.717) is 25.5 Å². The Morgan fingerprint density at radius 3 is 2.62 bits per heavy atom. The third kappa shape index (κ3) is 5.05. The Morgan fingerprint density at radius 1 is 1.09 bits per heavy atom. The van der Waals surface area contributed by atoms with Crippen LogP contribution in [-0.2, 0) is 20.9 Å². The molecule has 1 fully saturated rings. The number of carbonyl (C=O) groups is 3. The first kappa shape index (κ1) is 24.1. The van der Waals surface area contributed by atoms with Crippen LogP contribution in [0.2, 0.25) is 0 Å². The summed E-state index contributed by atoms with van der Waals surface area (Å²) in [4.78, 5) is 38.8. The first-order chi connectivity index (χ1) is 16.4. The third-order valence-electron chi connectivity index (χ3n) is 5.19. The number of ether oxygens (including phenoxy) is 3. The lowest BCUT2D eigenvalue weighted by molar-refractivity contribution is -0.143. The Balaban J connectivity index is 1.58. The molecule has 1 saturated heterocycles. The molecule has 2 amide bonds. The van der Waals surface area contributed by atoms with Crippen LogP contribution in [0.1, 0.15) is 11.1 Å². The summed E-state index contributed by atoms with van der Waals surface area (Å²) >= 11 is 2.97. The summed E-state index contributed by atoms with van der Waals surface area (Å²) in [6.45, 7) is -0.0558. The highest BCUT2D eigenvalue weighted by atomic mass is 127. The normalized spacial score (nSPS) is 14.7. The van der Waals surface area contributed by atoms with Gasteiger partial charge in [0.05, 0.1) is 29.2 Å². The van der Waals surface area contributed by atoms with Gasteiger partial charge in [0.15, 0.2) is 18.1 Å². The van der Waals surface area contributed by atoms with Crippen LogP contribution in [0.3, 0.4) is 0 Å². The quantitative estimate of drug-likeness (QED) is 0.212. The van der Waals surface area contributed by atoms with Crippen molar-refractivity contribution in [3.63, 3.8) is 0 Å². The van der Waals surface area contributed by atoms with Gasteiger partial charge in [-0.3, -0.25) is 14.5 Å². The van der Waals surface area contributed by atoms with Crippen molar-refractivity contribution in [3.8, 4) is 11.5 Å². The number of benzene rings is 3. The van der Waals surface area contributed by atoms with Gasteiger partial charge in [-0.15, -0.1) is 0 Å². The molecule has 4 rings (SSSR count). The van der Waals surface area contributed by atoms with E-state index in [1.165, 1.54) is 19.1 Å². The molecule has 1 aliphatic heterocycles. The van der Waals surface area contributed by atoms with Crippen LogP contribution in [0.15, 0.2) is 59.5 Å². The summed E-state index contributed by atoms with van der Waals surface area (Å²) in [6.07, 6.45) is 1.66. The summed E-state index contributed by atoms with van der Waals surface area (Å²) < 4.78 is 16.2. The molecule has 0 saturated carbocycles. The number of carbonyl (C=O) groups excluding carboxylic acids is 3. The van der Waals surface area contributed by atoms with Crippen molar-refractivity contribution < 1.29 is 28.6 Å². The maximum Gasteiger partial charge on any atom is 0.343 e. The van der Waals surface area contributed by atoms with Gasteiger partial charge in [-0.1, -0.05) is 42.5 Å². The predicted octanol–water partition coefficient (Wildman–Crippen LogP) is 5.24. The Hall–Kier alpha value is -3.05. The predicted molar refractivity (Wildman–Crippen MR) is 139 cm³/mol. The smallest absolute Gasteiger partial charge is 0.343 e. The fraction of sp³-hybridized carbons (Fsp3) is 0.160. The number of imide groups is 1. The maximum absolute atomic E-state index is 13.1. The van der Waals surface area contributed by atoms with Crippen molar-refractivity contribution in [3.05, 3.63) is 74.2 Å². The highest BCUT2D eigenvalue weighted by Crippen LogP contribution is 2.38. The molecule has 34 heavy (non-hydrogen) atoms. The van der Waals surface area contributed by atoms with E-state index in [0.717, 1.165) is 28.1 Å². The van der Waals surface area contributed by atoms with E-state index in [-0.39, 0.29) is 24.3 Å². The third-order valence-corrected chi connectivity index (χ3v) is 6.90. The fourth-order valence-electron chi connectivity index (χ4n) is 3.54. The van der Waals surface area contributed by atoms with Crippen molar-refractivity contribution in [2.24, 2.45) is 0 Å². The second-order valence-electron chi connectivity index (χ2n) is 7.31. The van der Waals surface area contributed by atoms with Gasteiger partial charge in [-0.25, -0.2) is 4.79 Å². The molecule has 0 atom stereocenters. The Bertz CT molecular complexity index is 1320. The first-order valence-electron chi connectivity index (χ1n) is 10.2. The molecule has 9 heteroatoms. The van der Waals surface area contributed by atoms with Crippen molar-refractivity contribution >= 4 is 68.3 Å². The zero-order chi connectivity index (χ0) is 24.2. The Morgan fingerprint density at radius 2 is 1.85 bits per heavy atom. The molecule has 0 bridgehead atoms. The van der Waals surface area contributed by atoms with Gasteiger partial charge < -0.3 is 14.2 Å². The molecular formula is C25H20INO6S. The number of esters is 1. The van der Waals surface area contributed by atoms with Crippen molar-refractivity contribution in [1.82, 2.24) is 4.90 Å². The number of hydrogen-bond acceptors (Lipinski definition) is 7. The van der Waals surface area contributed by atoms with Crippen LogP contribution in [0.4, 0.5) is 4.79 Å². The van der Waals surface area contributed by atoms with E-state index in [1.54, 1.807) is 18.2 Å². The highest BCUT2D eigenvalue weighted by Gasteiger charge is 2.35. The Labute approximate surface area is 214 Å². The number of amides is 2. The van der Waals surface area contributed by atoms with Gasteiger partial charge in [-0.2, -0.15) is 0 Å². The average Bonchev–Trinajstić information content (AvgIpc) is 3.10. The number of rotatable bonds is 7. The SMILES string of the molecule is COC(=O)COc1c(I)cc(/C=C2/SC(=O)N(Cc3cccc4ccccc34)C2=O)cc1OC. The molecule has 0 spiro atoms. The fourth-order valence-corrected chi connectivity index (χ4v) is 5.16. The van der Waals surface area contributed by atoms with Crippen LogP contribution < -0.4 is 9.47 Å². The topological polar surface area (TPSA) is 82.1 Å². The molecule has 1 heterocycles. The van der Waals surface area contributed by atoms with Gasteiger partial charge in [0.2, 0.25) is 0 Å². The maximum atomic E-state index is 13.1. The molecule has 0 unspecified atom stereocenters. The first-order valence-corrected chi connectivity index (χ1v) is 12.1. The number of fused-ring (bicyclic) bond motifs is 1. The van der Waals surface area contributed by atoms with Crippen LogP contribution in [0.5, 0.6) is 11.5 Å². The lowest BCUT2D eigenvalue weighted by Crippen LogP contribution is -2.27. The summed E-state index contributed by atoms with van der Waals surface area (Å²) in [5.74, 6) is -0.0588. The number of halogens is 1. The van der Waals surface area contributed by atoms with E-state index < -0.39 is 5.97 Å². The summed E-state index contributed by atoms with van der Waals surface area (Å²) in [5.41, 5.74) is 1.58. The molecule has 3 aromatic rings. The number of methoxy groups -OCH3 is 2. The lowest BCUT2D eigenvalue weighted by Gasteiger charge is -2.14. The van der Waals surface area contributed by atoms with Gasteiger partial charge >= 0.3 is 5.97 Å². The van der Waals surface area contributed by atoms with E-state index in [4.69, 9.17) is 9.47 Å². The minimum absolute atomic E-state index is 0.199. The number of hydrogen-bond donors (Lipinski definition) is 0. The minimum atomic E-state index is -0.512. The molecule has 3 aromatic carbocycles. The Kier molecular flexibility index (Phi) is 7.42. The molecule has 1 aliphatic rings. The van der Waals surface area contributed by atoms with E-state index in [1.807, 2.05) is 42.5 Å².